The lowest BCUT2D eigenvalue weighted by Gasteiger charge is -2.22. The molecule has 0 aromatic carbocycles. The van der Waals surface area contributed by atoms with Crippen LogP contribution in [0.1, 0.15) is 40.8 Å². The largest absolute Gasteiger partial charge is 0.317 e. The predicted octanol–water partition coefficient (Wildman–Crippen LogP) is 1.92. The quantitative estimate of drug-likeness (QED) is 0.820. The maximum atomic E-state index is 11.1. The molecule has 0 saturated carbocycles. The summed E-state index contributed by atoms with van der Waals surface area (Å²) in [5.41, 5.74) is 2.63. The molecule has 0 unspecified atom stereocenters. The van der Waals surface area contributed by atoms with Gasteiger partial charge in [-0.15, -0.1) is 0 Å². The Morgan fingerprint density at radius 3 is 2.89 bits per heavy atom. The van der Waals surface area contributed by atoms with Crippen LogP contribution in [0.5, 0.6) is 0 Å². The van der Waals surface area contributed by atoms with Gasteiger partial charge in [0, 0.05) is 11.6 Å². The zero-order valence-corrected chi connectivity index (χ0v) is 10.5. The Kier molecular flexibility index (Phi) is 2.88. The molecule has 0 bridgehead atoms. The number of piperidine rings is 1. The average molecular weight is 243 g/mol. The predicted molar refractivity (Wildman–Crippen MR) is 70.2 cm³/mol. The highest BCUT2D eigenvalue weighted by Gasteiger charge is 2.22. The number of carbonyl (C=O) groups excluding carboxylic acids is 1. The molecular weight excluding hydrogens is 226 g/mol. The Hall–Kier alpha value is -1.68. The smallest absolute Gasteiger partial charge is 0.170 e. The summed E-state index contributed by atoms with van der Waals surface area (Å²) in [6.45, 7) is 4.12. The van der Waals surface area contributed by atoms with E-state index in [1.54, 1.807) is 0 Å². The highest BCUT2D eigenvalue weighted by atomic mass is 16.1. The highest BCUT2D eigenvalue weighted by molar-refractivity contribution is 5.84. The standard InChI is InChI=1S/C14H17N3O/c1-10-3-2-4-13-12(9-18)16-14(17(10)13)11-5-7-15-8-6-11/h2-4,9,11,15H,5-8H2,1H3. The van der Waals surface area contributed by atoms with Crippen LogP contribution in [0.25, 0.3) is 5.52 Å². The van der Waals surface area contributed by atoms with E-state index in [1.807, 2.05) is 12.1 Å². The number of rotatable bonds is 2. The minimum Gasteiger partial charge on any atom is -0.317 e. The molecule has 0 aliphatic carbocycles. The van der Waals surface area contributed by atoms with Crippen molar-refractivity contribution >= 4 is 11.8 Å². The molecule has 2 aromatic rings. The Morgan fingerprint density at radius 2 is 2.17 bits per heavy atom. The molecule has 1 aliphatic rings. The molecule has 3 rings (SSSR count). The van der Waals surface area contributed by atoms with Crippen LogP contribution in [-0.2, 0) is 0 Å². The second-order valence-electron chi connectivity index (χ2n) is 4.89. The number of nitrogens with zero attached hydrogens (tertiary/aromatic N) is 2. The average Bonchev–Trinajstić information content (AvgIpc) is 2.80. The van der Waals surface area contributed by atoms with Gasteiger partial charge in [0.2, 0.25) is 0 Å². The summed E-state index contributed by atoms with van der Waals surface area (Å²) in [5.74, 6) is 1.50. The number of hydrogen-bond donors (Lipinski definition) is 1. The molecule has 1 aliphatic heterocycles. The topological polar surface area (TPSA) is 46.4 Å². The van der Waals surface area contributed by atoms with Crippen molar-refractivity contribution < 1.29 is 4.79 Å². The minimum absolute atomic E-state index is 0.452. The van der Waals surface area contributed by atoms with Crippen molar-refractivity contribution in [3.05, 3.63) is 35.4 Å². The summed E-state index contributed by atoms with van der Waals surface area (Å²) < 4.78 is 2.14. The van der Waals surface area contributed by atoms with Crippen LogP contribution in [0.15, 0.2) is 18.2 Å². The van der Waals surface area contributed by atoms with Crippen molar-refractivity contribution in [1.82, 2.24) is 14.7 Å². The van der Waals surface area contributed by atoms with E-state index in [0.29, 0.717) is 11.6 Å². The number of imidazole rings is 1. The molecule has 18 heavy (non-hydrogen) atoms. The second-order valence-corrected chi connectivity index (χ2v) is 4.89. The highest BCUT2D eigenvalue weighted by Crippen LogP contribution is 2.27. The molecule has 0 radical (unpaired) electrons. The van der Waals surface area contributed by atoms with Crippen molar-refractivity contribution in [2.24, 2.45) is 0 Å². The number of carbonyl (C=O) groups is 1. The second kappa shape index (κ2) is 4.53. The van der Waals surface area contributed by atoms with Gasteiger partial charge in [-0.1, -0.05) is 6.07 Å². The Balaban J connectivity index is 2.18. The van der Waals surface area contributed by atoms with E-state index in [9.17, 15) is 4.79 Å². The number of hydrogen-bond acceptors (Lipinski definition) is 3. The van der Waals surface area contributed by atoms with Gasteiger partial charge in [0.15, 0.2) is 6.29 Å². The monoisotopic (exact) mass is 243 g/mol. The van der Waals surface area contributed by atoms with E-state index in [2.05, 4.69) is 27.7 Å². The summed E-state index contributed by atoms with van der Waals surface area (Å²) >= 11 is 0. The molecule has 0 atom stereocenters. The zero-order valence-electron chi connectivity index (χ0n) is 10.5. The van der Waals surface area contributed by atoms with Gasteiger partial charge < -0.3 is 9.72 Å². The van der Waals surface area contributed by atoms with Crippen LogP contribution in [0.4, 0.5) is 0 Å². The van der Waals surface area contributed by atoms with Crippen molar-refractivity contribution in [1.29, 1.82) is 0 Å². The number of aromatic nitrogens is 2. The van der Waals surface area contributed by atoms with Gasteiger partial charge in [0.1, 0.15) is 11.5 Å². The summed E-state index contributed by atoms with van der Waals surface area (Å²) in [6.07, 6.45) is 3.04. The fourth-order valence-electron chi connectivity index (χ4n) is 2.79. The zero-order chi connectivity index (χ0) is 12.5. The lowest BCUT2D eigenvalue weighted by atomic mass is 9.97. The van der Waals surface area contributed by atoms with Crippen LogP contribution in [0.2, 0.25) is 0 Å². The van der Waals surface area contributed by atoms with Crippen LogP contribution >= 0.6 is 0 Å². The number of pyridine rings is 1. The van der Waals surface area contributed by atoms with E-state index >= 15 is 0 Å². The van der Waals surface area contributed by atoms with Gasteiger partial charge in [0.05, 0.1) is 5.52 Å². The summed E-state index contributed by atoms with van der Waals surface area (Å²) in [6, 6.07) is 6.01. The van der Waals surface area contributed by atoms with Gasteiger partial charge in [0.25, 0.3) is 0 Å². The summed E-state index contributed by atoms with van der Waals surface area (Å²) in [5, 5.41) is 3.36. The van der Waals surface area contributed by atoms with Crippen LogP contribution < -0.4 is 5.32 Å². The van der Waals surface area contributed by atoms with E-state index in [1.165, 1.54) is 0 Å². The van der Waals surface area contributed by atoms with Gasteiger partial charge in [-0.25, -0.2) is 4.98 Å². The van der Waals surface area contributed by atoms with Crippen LogP contribution in [0, 0.1) is 6.92 Å². The SMILES string of the molecule is Cc1cccc2c(C=O)nc(C3CCNCC3)n12. The van der Waals surface area contributed by atoms with E-state index < -0.39 is 0 Å². The van der Waals surface area contributed by atoms with Crippen LogP contribution in [0.3, 0.4) is 0 Å². The molecule has 1 fully saturated rings. The van der Waals surface area contributed by atoms with Crippen LogP contribution in [-0.4, -0.2) is 28.8 Å². The molecule has 94 valence electrons. The van der Waals surface area contributed by atoms with Gasteiger partial charge >= 0.3 is 0 Å². The maximum Gasteiger partial charge on any atom is 0.170 e. The molecule has 0 amide bonds. The van der Waals surface area contributed by atoms with Crippen molar-refractivity contribution in [3.8, 4) is 0 Å². The third-order valence-corrected chi connectivity index (χ3v) is 3.73. The Bertz CT molecular complexity index is 582. The minimum atomic E-state index is 0.452. The Labute approximate surface area is 106 Å². The summed E-state index contributed by atoms with van der Waals surface area (Å²) in [7, 11) is 0. The van der Waals surface area contributed by atoms with Gasteiger partial charge in [-0.2, -0.15) is 0 Å². The first-order chi connectivity index (χ1) is 8.81. The molecule has 4 nitrogen and oxygen atoms in total. The van der Waals surface area contributed by atoms with Crippen molar-refractivity contribution in [2.45, 2.75) is 25.7 Å². The molecule has 1 N–H and O–H groups in total. The Morgan fingerprint density at radius 1 is 1.39 bits per heavy atom. The molecule has 0 spiro atoms. The lowest BCUT2D eigenvalue weighted by Crippen LogP contribution is -2.27. The normalized spacial score (nSPS) is 17.2. The van der Waals surface area contributed by atoms with E-state index in [-0.39, 0.29) is 0 Å². The molecule has 1 saturated heterocycles. The number of fused-ring (bicyclic) bond motifs is 1. The first-order valence-electron chi connectivity index (χ1n) is 6.45. The van der Waals surface area contributed by atoms with E-state index in [4.69, 9.17) is 0 Å². The molecule has 4 heteroatoms. The summed E-state index contributed by atoms with van der Waals surface area (Å²) in [4.78, 5) is 15.7. The van der Waals surface area contributed by atoms with Gasteiger partial charge in [-0.3, -0.25) is 4.79 Å². The van der Waals surface area contributed by atoms with Crippen molar-refractivity contribution in [2.75, 3.05) is 13.1 Å². The number of aldehydes is 1. The molecule has 3 heterocycles. The number of nitrogens with one attached hydrogen (secondary N) is 1. The fourth-order valence-corrected chi connectivity index (χ4v) is 2.79. The maximum absolute atomic E-state index is 11.1. The molecule has 2 aromatic heterocycles. The fraction of sp³-hybridized carbons (Fsp3) is 0.429. The first-order valence-corrected chi connectivity index (χ1v) is 6.45. The van der Waals surface area contributed by atoms with E-state index in [0.717, 1.165) is 49.3 Å². The molecular formula is C14H17N3O. The number of aryl methyl sites for hydroxylation is 1. The third kappa shape index (κ3) is 1.73. The van der Waals surface area contributed by atoms with Crippen molar-refractivity contribution in [3.63, 3.8) is 0 Å². The lowest BCUT2D eigenvalue weighted by molar-refractivity contribution is 0.112. The first kappa shape index (κ1) is 11.4. The third-order valence-electron chi connectivity index (χ3n) is 3.73. The van der Waals surface area contributed by atoms with Gasteiger partial charge in [-0.05, 0) is 45.0 Å².